The van der Waals surface area contributed by atoms with E-state index in [0.29, 0.717) is 23.1 Å². The van der Waals surface area contributed by atoms with Gasteiger partial charge in [-0.05, 0) is 0 Å². The van der Waals surface area contributed by atoms with Gasteiger partial charge in [0.15, 0.2) is 0 Å². The second-order valence-electron chi connectivity index (χ2n) is 11.8. The van der Waals surface area contributed by atoms with Gasteiger partial charge in [0.2, 0.25) is 0 Å². The van der Waals surface area contributed by atoms with Crippen LogP contribution in [0.2, 0.25) is 0 Å². The third-order valence-electron chi connectivity index (χ3n) is 8.80. The summed E-state index contributed by atoms with van der Waals surface area (Å²) in [6.45, 7) is 5.74. The number of alkyl halides is 6. The molecule has 0 spiro atoms. The summed E-state index contributed by atoms with van der Waals surface area (Å²) >= 11 is -4.37. The molecule has 1 heterocycles. The molecule has 1 atom stereocenters. The first-order valence-corrected chi connectivity index (χ1v) is 24.8. The molecule has 0 amide bonds. The summed E-state index contributed by atoms with van der Waals surface area (Å²) in [5, 5.41) is 2.57. The van der Waals surface area contributed by atoms with Gasteiger partial charge in [0.05, 0.1) is 0 Å². The topological polar surface area (TPSA) is 0 Å². The van der Waals surface area contributed by atoms with Gasteiger partial charge in [-0.2, -0.15) is 0 Å². The van der Waals surface area contributed by atoms with Gasteiger partial charge in [-0.15, -0.1) is 0 Å². The second kappa shape index (κ2) is 11.3. The quantitative estimate of drug-likeness (QED) is 0.125. The van der Waals surface area contributed by atoms with Crippen LogP contribution >= 0.6 is 17.0 Å². The van der Waals surface area contributed by atoms with Crippen LogP contribution in [0.4, 0.5) is 26.3 Å². The van der Waals surface area contributed by atoms with Gasteiger partial charge in [0.25, 0.3) is 0 Å². The van der Waals surface area contributed by atoms with Gasteiger partial charge in [-0.1, -0.05) is 0 Å². The Morgan fingerprint density at radius 1 is 0.818 bits per heavy atom. The first kappa shape index (κ1) is 31.8. The van der Waals surface area contributed by atoms with Gasteiger partial charge in [-0.25, -0.2) is 0 Å². The standard InChI is InChI=1S/C22H19F6.C12H9Si.2ClH.Zr/c1-4-13-7-14-5-6-18(12(2)3)20(19(14)8-13)15-9-16(21(23,24)25)11-17(10-15)22(26,27)28;1-3-7-11-9(5-1)10-6-2-4-8-12(10)13-11;;;/h5-12H,4H2,1-3H3;1-7H,13H2;2*1H;/q;;;;+2/p-2. The van der Waals surface area contributed by atoms with E-state index in [1.807, 2.05) is 63.2 Å². The van der Waals surface area contributed by atoms with E-state index in [2.05, 4.69) is 18.2 Å². The number of hydrogen-bond acceptors (Lipinski definition) is 0. The van der Waals surface area contributed by atoms with E-state index in [1.165, 1.54) is 15.9 Å². The molecule has 0 saturated carbocycles. The van der Waals surface area contributed by atoms with Crippen LogP contribution in [0.5, 0.6) is 0 Å². The zero-order valence-electron chi connectivity index (χ0n) is 24.1. The van der Waals surface area contributed by atoms with Crippen molar-refractivity contribution >= 4 is 46.3 Å². The first-order chi connectivity index (χ1) is 20.6. The monoisotopic (exact) mass is 738 g/mol. The zero-order valence-corrected chi connectivity index (χ0v) is 29.5. The number of halogens is 8. The van der Waals surface area contributed by atoms with E-state index in [9.17, 15) is 26.3 Å². The Hall–Kier alpha value is -2.12. The number of hydrogen-bond donors (Lipinski definition) is 0. The molecule has 228 valence electrons. The van der Waals surface area contributed by atoms with E-state index in [0.717, 1.165) is 32.1 Å². The first-order valence-electron chi connectivity index (χ1n) is 14.4. The Kier molecular flexibility index (Phi) is 8.17. The molecule has 0 N–H and O–H groups in total. The molecule has 0 bridgehead atoms. The Labute approximate surface area is 266 Å². The van der Waals surface area contributed by atoms with Gasteiger partial charge in [0.1, 0.15) is 0 Å². The molecule has 4 aromatic carbocycles. The van der Waals surface area contributed by atoms with Crippen LogP contribution < -0.4 is 13.6 Å². The molecule has 0 fully saturated rings. The van der Waals surface area contributed by atoms with E-state index < -0.39 is 50.9 Å². The molecule has 1 unspecified atom stereocenters. The maximum absolute atomic E-state index is 13.9. The van der Waals surface area contributed by atoms with Gasteiger partial charge in [0, 0.05) is 0 Å². The van der Waals surface area contributed by atoms with Crippen molar-refractivity contribution in [1.82, 2.24) is 0 Å². The number of fused-ring (bicyclic) bond motifs is 4. The average molecular weight is 741 g/mol. The molecular formula is C34H28Cl2F6SiZr. The fourth-order valence-electron chi connectivity index (χ4n) is 6.79. The van der Waals surface area contributed by atoms with Crippen molar-refractivity contribution in [3.63, 3.8) is 0 Å². The summed E-state index contributed by atoms with van der Waals surface area (Å²) < 4.78 is 84.1. The number of rotatable bonds is 5. The van der Waals surface area contributed by atoms with Crippen LogP contribution in [0.15, 0.2) is 78.4 Å². The van der Waals surface area contributed by atoms with Crippen molar-refractivity contribution in [2.75, 3.05) is 0 Å². The summed E-state index contributed by atoms with van der Waals surface area (Å²) in [6, 6.07) is 20.0. The second-order valence-corrected chi connectivity index (χ2v) is 27.6. The molecule has 0 radical (unpaired) electrons. The molecule has 1 aliphatic heterocycles. The molecule has 4 aromatic rings. The van der Waals surface area contributed by atoms with Crippen molar-refractivity contribution in [3.8, 4) is 22.3 Å². The molecule has 10 heteroatoms. The number of benzene rings is 4. The fourth-order valence-corrected chi connectivity index (χ4v) is 23.8. The van der Waals surface area contributed by atoms with Crippen LogP contribution in [0.1, 0.15) is 64.6 Å². The van der Waals surface area contributed by atoms with Crippen molar-refractivity contribution in [2.45, 2.75) is 49.1 Å². The SMILES string of the molecule is CCC1=Cc2c(ccc(C(C)C)c2-c2cc(C(F)(F)F)cc(C(F)(F)F)c2)[CH]1[Zr]([Cl])([Cl])[c]1cccc2c1[SiH2]c1ccccc1-2. The minimum absolute atomic E-state index is 0.117. The Morgan fingerprint density at radius 3 is 2.07 bits per heavy atom. The van der Waals surface area contributed by atoms with Crippen molar-refractivity contribution in [3.05, 3.63) is 106 Å². The Balaban J connectivity index is 1.57. The Bertz CT molecular complexity index is 1790. The van der Waals surface area contributed by atoms with E-state index in [1.54, 1.807) is 0 Å². The summed E-state index contributed by atoms with van der Waals surface area (Å²) in [5.74, 6) is -0.168. The van der Waals surface area contributed by atoms with Crippen LogP contribution in [0.25, 0.3) is 28.3 Å². The molecular weight excluding hydrogens is 713 g/mol. The van der Waals surface area contributed by atoms with Crippen LogP contribution in [0, 0.1) is 0 Å². The molecule has 6 rings (SSSR count). The fraction of sp³-hybridized carbons (Fsp3) is 0.235. The van der Waals surface area contributed by atoms with Crippen LogP contribution in [-0.4, -0.2) is 9.52 Å². The molecule has 1 aliphatic carbocycles. The maximum atomic E-state index is 13.9. The molecule has 2 aliphatic rings. The summed E-state index contributed by atoms with van der Waals surface area (Å²) in [6.07, 6.45) is -7.39. The minimum atomic E-state index is -4.95. The normalized spacial score (nSPS) is 16.7. The summed E-state index contributed by atoms with van der Waals surface area (Å²) in [5.41, 5.74) is 2.96. The van der Waals surface area contributed by atoms with Gasteiger partial charge in [-0.3, -0.25) is 0 Å². The molecule has 0 saturated heterocycles. The zero-order chi connectivity index (χ0) is 31.8. The van der Waals surface area contributed by atoms with Crippen molar-refractivity contribution < 1.29 is 44.2 Å². The van der Waals surface area contributed by atoms with E-state index in [4.69, 9.17) is 17.0 Å². The average Bonchev–Trinajstić information content (AvgIpc) is 3.54. The van der Waals surface area contributed by atoms with Crippen LogP contribution in [-0.2, 0) is 30.2 Å². The van der Waals surface area contributed by atoms with Gasteiger partial charge < -0.3 is 0 Å². The van der Waals surface area contributed by atoms with E-state index >= 15 is 0 Å². The van der Waals surface area contributed by atoms with Crippen LogP contribution in [0.3, 0.4) is 0 Å². The predicted octanol–water partition coefficient (Wildman–Crippen LogP) is 9.25. The summed E-state index contributed by atoms with van der Waals surface area (Å²) in [7, 11) is 14.4. The van der Waals surface area contributed by atoms with Gasteiger partial charge >= 0.3 is 268 Å². The molecule has 0 nitrogen and oxygen atoms in total. The van der Waals surface area contributed by atoms with E-state index in [-0.39, 0.29) is 21.2 Å². The molecule has 44 heavy (non-hydrogen) atoms. The molecule has 0 aromatic heterocycles. The third kappa shape index (κ3) is 5.38. The Morgan fingerprint density at radius 2 is 1.45 bits per heavy atom. The van der Waals surface area contributed by atoms with Crippen molar-refractivity contribution in [2.24, 2.45) is 0 Å². The predicted molar refractivity (Wildman–Crippen MR) is 168 cm³/mol. The third-order valence-corrected chi connectivity index (χ3v) is 23.2. The number of allylic oxidation sites excluding steroid dienone is 1. The van der Waals surface area contributed by atoms with Crippen molar-refractivity contribution in [1.29, 1.82) is 0 Å². The summed E-state index contributed by atoms with van der Waals surface area (Å²) in [4.78, 5) is 0.